The highest BCUT2D eigenvalue weighted by Crippen LogP contribution is 1.90. The van der Waals surface area contributed by atoms with E-state index in [1.54, 1.807) is 0 Å². The molecule has 1 heterocycles. The van der Waals surface area contributed by atoms with Crippen LogP contribution in [0.4, 0.5) is 0 Å². The number of carboxylic acids is 1. The number of carboxylic acid groups (broad SMARTS) is 1. The minimum Gasteiger partial charge on any atom is -0.548 e. The Balaban J connectivity index is 0.000000360. The molecule has 1 atom stereocenters. The van der Waals surface area contributed by atoms with Crippen molar-refractivity contribution in [1.29, 1.82) is 0 Å². The van der Waals surface area contributed by atoms with Crippen molar-refractivity contribution in [3.05, 3.63) is 0 Å². The Labute approximate surface area is 41.1 Å². The van der Waals surface area contributed by atoms with Crippen LogP contribution in [-0.2, 0) is 4.79 Å². The number of carbonyl (C=O) groups is 1. The van der Waals surface area contributed by atoms with E-state index < -0.39 is 5.97 Å². The van der Waals surface area contributed by atoms with Gasteiger partial charge in [-0.15, -0.1) is 0 Å². The SMILES string of the molecule is O=C([O-])C1CN1.[NH4+]. The molecule has 0 amide bonds. The largest absolute Gasteiger partial charge is 0.548 e. The van der Waals surface area contributed by atoms with E-state index in [2.05, 4.69) is 5.32 Å². The Bertz CT molecular complexity index is 79.0. The lowest BCUT2D eigenvalue weighted by molar-refractivity contribution is -0.304. The van der Waals surface area contributed by atoms with Gasteiger partial charge in [0, 0.05) is 6.54 Å². The number of nitrogens with one attached hydrogen (secondary N) is 1. The lowest BCUT2D eigenvalue weighted by Crippen LogP contribution is -2.29. The summed E-state index contributed by atoms with van der Waals surface area (Å²) in [4.78, 5) is 9.59. The maximum absolute atomic E-state index is 9.59. The van der Waals surface area contributed by atoms with Crippen molar-refractivity contribution in [1.82, 2.24) is 11.5 Å². The van der Waals surface area contributed by atoms with Gasteiger partial charge in [-0.3, -0.25) is 0 Å². The van der Waals surface area contributed by atoms with Gasteiger partial charge in [0.2, 0.25) is 0 Å². The van der Waals surface area contributed by atoms with Gasteiger partial charge in [-0.1, -0.05) is 0 Å². The average molecular weight is 104 g/mol. The highest BCUT2D eigenvalue weighted by Gasteiger charge is 2.19. The second-order valence-corrected chi connectivity index (χ2v) is 1.28. The first-order valence-electron chi connectivity index (χ1n) is 1.75. The normalized spacial score (nSPS) is 25.4. The molecule has 1 unspecified atom stereocenters. The third kappa shape index (κ3) is 1.52. The van der Waals surface area contributed by atoms with Crippen LogP contribution in [-0.4, -0.2) is 18.6 Å². The van der Waals surface area contributed by atoms with Crippen molar-refractivity contribution in [2.45, 2.75) is 6.04 Å². The van der Waals surface area contributed by atoms with Crippen LogP contribution in [0, 0.1) is 0 Å². The summed E-state index contributed by atoms with van der Waals surface area (Å²) in [7, 11) is 0. The van der Waals surface area contributed by atoms with E-state index in [0.717, 1.165) is 0 Å². The highest BCUT2D eigenvalue weighted by molar-refractivity contribution is 5.74. The molecule has 1 saturated heterocycles. The Morgan fingerprint density at radius 1 is 1.86 bits per heavy atom. The van der Waals surface area contributed by atoms with E-state index in [1.807, 2.05) is 0 Å². The first-order chi connectivity index (χ1) is 2.80. The van der Waals surface area contributed by atoms with Gasteiger partial charge in [-0.05, 0) is 0 Å². The van der Waals surface area contributed by atoms with Crippen molar-refractivity contribution in [3.63, 3.8) is 0 Å². The van der Waals surface area contributed by atoms with Gasteiger partial charge < -0.3 is 21.4 Å². The van der Waals surface area contributed by atoms with E-state index in [0.29, 0.717) is 6.54 Å². The topological polar surface area (TPSA) is 98.6 Å². The first-order valence-corrected chi connectivity index (χ1v) is 1.75. The monoisotopic (exact) mass is 104 g/mol. The highest BCUT2D eigenvalue weighted by atomic mass is 16.4. The van der Waals surface area contributed by atoms with Crippen LogP contribution in [0.2, 0.25) is 0 Å². The molecule has 42 valence electrons. The van der Waals surface area contributed by atoms with E-state index in [4.69, 9.17) is 0 Å². The molecule has 4 nitrogen and oxygen atoms in total. The first kappa shape index (κ1) is 6.39. The number of carbonyl (C=O) groups excluding carboxylic acids is 1. The Morgan fingerprint density at radius 2 is 2.29 bits per heavy atom. The average Bonchev–Trinajstić information content (AvgIpc) is 2.06. The lowest BCUT2D eigenvalue weighted by Gasteiger charge is -1.89. The fourth-order valence-electron chi connectivity index (χ4n) is 0.226. The minimum absolute atomic E-state index is 0. The van der Waals surface area contributed by atoms with E-state index in [1.165, 1.54) is 0 Å². The summed E-state index contributed by atoms with van der Waals surface area (Å²) in [6.45, 7) is 0.586. The number of aliphatic carboxylic acids is 1. The third-order valence-electron chi connectivity index (χ3n) is 0.693. The molecule has 0 aromatic rings. The van der Waals surface area contributed by atoms with E-state index in [-0.39, 0.29) is 12.2 Å². The molecule has 1 aliphatic rings. The Kier molecular flexibility index (Phi) is 1.74. The number of rotatable bonds is 1. The van der Waals surface area contributed by atoms with Crippen LogP contribution >= 0.6 is 0 Å². The summed E-state index contributed by atoms with van der Waals surface area (Å²) in [5, 5.41) is 12.2. The number of hydrogen-bond donors (Lipinski definition) is 2. The Morgan fingerprint density at radius 3 is 2.29 bits per heavy atom. The zero-order chi connectivity index (χ0) is 4.57. The second-order valence-electron chi connectivity index (χ2n) is 1.28. The van der Waals surface area contributed by atoms with Crippen LogP contribution in [0.5, 0.6) is 0 Å². The van der Waals surface area contributed by atoms with Crippen molar-refractivity contribution in [2.75, 3.05) is 6.54 Å². The smallest absolute Gasteiger partial charge is 0.0597 e. The molecule has 4 heteroatoms. The van der Waals surface area contributed by atoms with Gasteiger partial charge in [-0.2, -0.15) is 0 Å². The molecule has 7 heavy (non-hydrogen) atoms. The molecule has 0 bridgehead atoms. The summed E-state index contributed by atoms with van der Waals surface area (Å²) in [6.07, 6.45) is 0. The molecule has 0 aliphatic carbocycles. The molecule has 1 aliphatic heterocycles. The van der Waals surface area contributed by atoms with Crippen LogP contribution < -0.4 is 16.6 Å². The Hall–Kier alpha value is -0.610. The third-order valence-corrected chi connectivity index (χ3v) is 0.693. The molecule has 0 aromatic heterocycles. The predicted octanol–water partition coefficient (Wildman–Crippen LogP) is -1.92. The molecule has 5 N–H and O–H groups in total. The summed E-state index contributed by atoms with van der Waals surface area (Å²) in [6, 6.07) is -0.343. The molecular formula is C3H8N2O2. The van der Waals surface area contributed by atoms with Crippen LogP contribution in [0.3, 0.4) is 0 Å². The van der Waals surface area contributed by atoms with Crippen molar-refractivity contribution in [2.24, 2.45) is 0 Å². The van der Waals surface area contributed by atoms with Crippen LogP contribution in [0.25, 0.3) is 0 Å². The summed E-state index contributed by atoms with van der Waals surface area (Å²) >= 11 is 0. The van der Waals surface area contributed by atoms with Gasteiger partial charge in [0.25, 0.3) is 0 Å². The van der Waals surface area contributed by atoms with Gasteiger partial charge in [0.15, 0.2) is 0 Å². The second kappa shape index (κ2) is 1.90. The molecule has 0 spiro atoms. The van der Waals surface area contributed by atoms with E-state index in [9.17, 15) is 9.90 Å². The number of quaternary nitrogens is 1. The number of hydrogen-bond acceptors (Lipinski definition) is 3. The van der Waals surface area contributed by atoms with Crippen molar-refractivity contribution < 1.29 is 9.90 Å². The van der Waals surface area contributed by atoms with E-state index >= 15 is 0 Å². The van der Waals surface area contributed by atoms with Crippen molar-refractivity contribution in [3.8, 4) is 0 Å². The molecule has 1 rings (SSSR count). The predicted molar refractivity (Wildman–Crippen MR) is 22.8 cm³/mol. The minimum atomic E-state index is -0.991. The molecule has 0 saturated carbocycles. The zero-order valence-electron chi connectivity index (χ0n) is 4.10. The fourth-order valence-corrected chi connectivity index (χ4v) is 0.226. The molecule has 1 fully saturated rings. The van der Waals surface area contributed by atoms with Gasteiger partial charge in [0.1, 0.15) is 0 Å². The fraction of sp³-hybridized carbons (Fsp3) is 0.667. The molecule has 0 radical (unpaired) electrons. The maximum Gasteiger partial charge on any atom is 0.0597 e. The van der Waals surface area contributed by atoms with Gasteiger partial charge >= 0.3 is 0 Å². The maximum atomic E-state index is 9.59. The lowest BCUT2D eigenvalue weighted by atomic mass is 10.5. The quantitative estimate of drug-likeness (QED) is 0.379. The van der Waals surface area contributed by atoms with Gasteiger partial charge in [0.05, 0.1) is 12.0 Å². The standard InChI is InChI=1S/C3H5NO2.H3N/c5-3(6)2-1-4-2;/h2,4H,1H2,(H,5,6);1H3. The van der Waals surface area contributed by atoms with Crippen LogP contribution in [0.15, 0.2) is 0 Å². The van der Waals surface area contributed by atoms with Crippen LogP contribution in [0.1, 0.15) is 0 Å². The summed E-state index contributed by atoms with van der Waals surface area (Å²) < 4.78 is 0. The molecule has 0 aromatic carbocycles. The zero-order valence-corrected chi connectivity index (χ0v) is 4.10. The van der Waals surface area contributed by atoms with Gasteiger partial charge in [-0.25, -0.2) is 0 Å². The summed E-state index contributed by atoms with van der Waals surface area (Å²) in [5.74, 6) is -0.991. The van der Waals surface area contributed by atoms with Crippen molar-refractivity contribution >= 4 is 5.97 Å². The molecular weight excluding hydrogens is 96.0 g/mol. The summed E-state index contributed by atoms with van der Waals surface area (Å²) in [5.41, 5.74) is 0.